The van der Waals surface area contributed by atoms with E-state index < -0.39 is 29.3 Å². The smallest absolute Gasteiger partial charge is 0.385 e. The predicted molar refractivity (Wildman–Crippen MR) is 84.8 cm³/mol. The van der Waals surface area contributed by atoms with Crippen molar-refractivity contribution in [3.63, 3.8) is 0 Å². The zero-order valence-electron chi connectivity index (χ0n) is 13.5. The van der Waals surface area contributed by atoms with E-state index in [1.807, 2.05) is 0 Å². The van der Waals surface area contributed by atoms with Gasteiger partial charge < -0.3 is 9.57 Å². The van der Waals surface area contributed by atoms with E-state index in [1.165, 1.54) is 18.3 Å². The van der Waals surface area contributed by atoms with Crippen molar-refractivity contribution in [2.45, 2.75) is 12.8 Å². The van der Waals surface area contributed by atoms with Crippen LogP contribution in [0.15, 0.2) is 36.5 Å². The molecule has 2 aromatic rings. The number of halogens is 1. The van der Waals surface area contributed by atoms with E-state index in [1.54, 1.807) is 12.1 Å². The highest BCUT2D eigenvalue weighted by atomic mass is 19.1. The van der Waals surface area contributed by atoms with Crippen molar-refractivity contribution >= 4 is 17.8 Å². The highest BCUT2D eigenvalue weighted by Crippen LogP contribution is 2.29. The van der Waals surface area contributed by atoms with Gasteiger partial charge in [0.15, 0.2) is 11.5 Å². The van der Waals surface area contributed by atoms with E-state index in [2.05, 4.69) is 4.98 Å². The normalized spacial score (nSPS) is 15.8. The van der Waals surface area contributed by atoms with Gasteiger partial charge in [0.05, 0.1) is 23.9 Å². The average Bonchev–Trinajstić information content (AvgIpc) is 3.44. The van der Waals surface area contributed by atoms with Crippen molar-refractivity contribution in [3.8, 4) is 5.75 Å². The fourth-order valence-electron chi connectivity index (χ4n) is 2.52. The van der Waals surface area contributed by atoms with Crippen LogP contribution in [0.1, 0.15) is 44.0 Å². The van der Waals surface area contributed by atoms with Gasteiger partial charge in [0.2, 0.25) is 0 Å². The Kier molecular flexibility index (Phi) is 3.87. The molecule has 1 aromatic heterocycles. The van der Waals surface area contributed by atoms with Crippen LogP contribution in [0, 0.1) is 11.7 Å². The van der Waals surface area contributed by atoms with Crippen LogP contribution in [0.5, 0.6) is 5.75 Å². The van der Waals surface area contributed by atoms with Crippen molar-refractivity contribution in [1.82, 2.24) is 10.0 Å². The molecule has 1 aliphatic heterocycles. The Hall–Kier alpha value is -3.29. The van der Waals surface area contributed by atoms with Gasteiger partial charge in [-0.1, -0.05) is 17.2 Å². The van der Waals surface area contributed by atoms with E-state index in [0.717, 1.165) is 18.9 Å². The van der Waals surface area contributed by atoms with Crippen LogP contribution in [0.3, 0.4) is 0 Å². The van der Waals surface area contributed by atoms with E-state index in [0.29, 0.717) is 17.6 Å². The number of hydrogen-bond acceptors (Lipinski definition) is 6. The number of amides is 2. The van der Waals surface area contributed by atoms with Gasteiger partial charge in [0.25, 0.3) is 11.8 Å². The number of hydrogen-bond donors (Lipinski definition) is 0. The number of carbonyl (C=O) groups is 3. The molecule has 0 N–H and O–H groups in total. The van der Waals surface area contributed by atoms with Crippen LogP contribution >= 0.6 is 0 Å². The summed E-state index contributed by atoms with van der Waals surface area (Å²) in [6.07, 6.45) is 3.37. The largest absolute Gasteiger partial charge is 0.492 e. The van der Waals surface area contributed by atoms with Crippen molar-refractivity contribution < 1.29 is 28.3 Å². The van der Waals surface area contributed by atoms with Crippen molar-refractivity contribution in [1.29, 1.82) is 0 Å². The topological polar surface area (TPSA) is 85.8 Å². The molecule has 0 radical (unpaired) electrons. The van der Waals surface area contributed by atoms with Gasteiger partial charge in [-0.25, -0.2) is 14.2 Å². The van der Waals surface area contributed by atoms with Crippen LogP contribution in [-0.4, -0.2) is 34.4 Å². The molecule has 0 unspecified atom stereocenters. The van der Waals surface area contributed by atoms with Crippen molar-refractivity contribution in [3.05, 3.63) is 59.2 Å². The minimum absolute atomic E-state index is 0.113. The van der Waals surface area contributed by atoms with Gasteiger partial charge in [-0.2, -0.15) is 0 Å². The number of pyridine rings is 1. The molecule has 132 valence electrons. The van der Waals surface area contributed by atoms with Crippen molar-refractivity contribution in [2.24, 2.45) is 5.92 Å². The Morgan fingerprint density at radius 1 is 1.19 bits per heavy atom. The van der Waals surface area contributed by atoms with E-state index in [-0.39, 0.29) is 16.9 Å². The lowest BCUT2D eigenvalue weighted by Crippen LogP contribution is -2.33. The molecule has 1 fully saturated rings. The second-order valence-electron chi connectivity index (χ2n) is 6.08. The lowest BCUT2D eigenvalue weighted by molar-refractivity contribution is -0.0591. The zero-order chi connectivity index (χ0) is 18.3. The van der Waals surface area contributed by atoms with Crippen molar-refractivity contribution in [2.75, 3.05) is 6.61 Å². The summed E-state index contributed by atoms with van der Waals surface area (Å²) in [6, 6.07) is 7.06. The Bertz CT molecular complexity index is 891. The van der Waals surface area contributed by atoms with Gasteiger partial charge in [-0.3, -0.25) is 9.59 Å². The molecule has 2 aliphatic rings. The van der Waals surface area contributed by atoms with E-state index >= 15 is 0 Å². The molecule has 0 atom stereocenters. The Balaban J connectivity index is 1.48. The molecule has 0 saturated heterocycles. The molecule has 2 amide bonds. The number of imide groups is 1. The first-order valence-corrected chi connectivity index (χ1v) is 8.03. The first-order chi connectivity index (χ1) is 12.5. The third kappa shape index (κ3) is 2.90. The highest BCUT2D eigenvalue weighted by Gasteiger charge is 2.39. The average molecular weight is 356 g/mol. The third-order valence-electron chi connectivity index (χ3n) is 4.12. The maximum Gasteiger partial charge on any atom is 0.385 e. The molecule has 0 bridgehead atoms. The summed E-state index contributed by atoms with van der Waals surface area (Å²) in [4.78, 5) is 44.9. The van der Waals surface area contributed by atoms with Gasteiger partial charge in [0, 0.05) is 6.07 Å². The number of benzene rings is 1. The summed E-state index contributed by atoms with van der Waals surface area (Å²) in [5.41, 5.74) is -0.412. The second-order valence-corrected chi connectivity index (χ2v) is 6.08. The monoisotopic (exact) mass is 356 g/mol. The Morgan fingerprint density at radius 2 is 1.85 bits per heavy atom. The number of ether oxygens (including phenoxy) is 1. The number of hydroxylamine groups is 2. The van der Waals surface area contributed by atoms with Gasteiger partial charge in [-0.15, -0.1) is 0 Å². The number of nitrogens with zero attached hydrogens (tertiary/aromatic N) is 2. The number of fused-ring (bicyclic) bond motifs is 1. The maximum absolute atomic E-state index is 14.1. The summed E-state index contributed by atoms with van der Waals surface area (Å²) in [5.74, 6) is -3.10. The molecule has 1 aromatic carbocycles. The third-order valence-corrected chi connectivity index (χ3v) is 4.12. The molecule has 26 heavy (non-hydrogen) atoms. The molecule has 4 rings (SSSR count). The summed E-state index contributed by atoms with van der Waals surface area (Å²) < 4.78 is 19.5. The minimum Gasteiger partial charge on any atom is -0.492 e. The second kappa shape index (κ2) is 6.21. The molecule has 8 heteroatoms. The van der Waals surface area contributed by atoms with Gasteiger partial charge in [-0.05, 0) is 30.9 Å². The summed E-state index contributed by atoms with van der Waals surface area (Å²) in [5, 5.41) is 0.311. The molecular formula is C18H13FN2O5. The Morgan fingerprint density at radius 3 is 2.42 bits per heavy atom. The SMILES string of the molecule is O=C(ON1C(=O)c2ccccc2C1=O)c1ncc(OCC2CC2)cc1F. The highest BCUT2D eigenvalue weighted by molar-refractivity contribution is 6.21. The Labute approximate surface area is 147 Å². The fourth-order valence-corrected chi connectivity index (χ4v) is 2.52. The molecule has 0 spiro atoms. The van der Waals surface area contributed by atoms with E-state index in [4.69, 9.17) is 9.57 Å². The number of rotatable bonds is 5. The fraction of sp³-hybridized carbons (Fsp3) is 0.222. The molecular weight excluding hydrogens is 343 g/mol. The zero-order valence-corrected chi connectivity index (χ0v) is 13.5. The molecule has 1 aliphatic carbocycles. The van der Waals surface area contributed by atoms with Crippen LogP contribution in [0.2, 0.25) is 0 Å². The molecule has 2 heterocycles. The van der Waals surface area contributed by atoms with Crippen LogP contribution in [-0.2, 0) is 4.84 Å². The van der Waals surface area contributed by atoms with Gasteiger partial charge >= 0.3 is 5.97 Å². The minimum atomic E-state index is -1.24. The first-order valence-electron chi connectivity index (χ1n) is 8.03. The number of aromatic nitrogens is 1. The van der Waals surface area contributed by atoms with Crippen LogP contribution < -0.4 is 4.74 Å². The lowest BCUT2D eigenvalue weighted by atomic mass is 10.1. The predicted octanol–water partition coefficient (Wildman–Crippen LogP) is 2.38. The van der Waals surface area contributed by atoms with Crippen LogP contribution in [0.4, 0.5) is 4.39 Å². The van der Waals surface area contributed by atoms with Gasteiger partial charge in [0.1, 0.15) is 5.75 Å². The maximum atomic E-state index is 14.1. The summed E-state index contributed by atoms with van der Waals surface area (Å²) in [6.45, 7) is 0.472. The quantitative estimate of drug-likeness (QED) is 0.765. The lowest BCUT2D eigenvalue weighted by Gasteiger charge is -2.13. The first kappa shape index (κ1) is 16.2. The summed E-state index contributed by atoms with van der Waals surface area (Å²) in [7, 11) is 0. The van der Waals surface area contributed by atoms with Crippen LogP contribution in [0.25, 0.3) is 0 Å². The summed E-state index contributed by atoms with van der Waals surface area (Å²) >= 11 is 0. The molecule has 1 saturated carbocycles. The number of carbonyl (C=O) groups excluding carboxylic acids is 3. The van der Waals surface area contributed by atoms with E-state index in [9.17, 15) is 18.8 Å². The molecule has 7 nitrogen and oxygen atoms in total. The standard InChI is InChI=1S/C18H13FN2O5/c19-14-7-11(25-9-10-5-6-10)8-20-15(14)18(24)26-21-16(22)12-3-1-2-4-13(12)17(21)23/h1-4,7-8,10H,5-6,9H2.